The molecule has 0 aromatic heterocycles. The summed E-state index contributed by atoms with van der Waals surface area (Å²) in [5.74, 6) is 2.33. The maximum absolute atomic E-state index is 10.2. The van der Waals surface area contributed by atoms with E-state index in [-0.39, 0.29) is 5.75 Å². The molecule has 0 bridgehead atoms. The van der Waals surface area contributed by atoms with Crippen molar-refractivity contribution in [3.63, 3.8) is 0 Å². The number of ether oxygens (including phenoxy) is 2. The number of carbonyl (C=O) groups excluding carboxylic acids is 1. The molecule has 1 aromatic rings. The molecule has 0 aliphatic carbocycles. The maximum atomic E-state index is 10.2. The van der Waals surface area contributed by atoms with Crippen molar-refractivity contribution in [2.75, 3.05) is 14.2 Å². The summed E-state index contributed by atoms with van der Waals surface area (Å²) in [7, 11) is 2.92. The molecule has 14 heavy (non-hydrogen) atoms. The predicted molar refractivity (Wildman–Crippen MR) is 51.4 cm³/mol. The Morgan fingerprint density at radius 3 is 2.57 bits per heavy atom. The van der Waals surface area contributed by atoms with Crippen LogP contribution in [0.2, 0.25) is 0 Å². The van der Waals surface area contributed by atoms with Gasteiger partial charge in [0.05, 0.1) is 19.8 Å². The third kappa shape index (κ3) is 1.87. The van der Waals surface area contributed by atoms with Crippen LogP contribution in [0.5, 0.6) is 17.2 Å². The van der Waals surface area contributed by atoms with Gasteiger partial charge >= 0.3 is 0 Å². The van der Waals surface area contributed by atoms with Crippen LogP contribution in [0.3, 0.4) is 0 Å². The highest BCUT2D eigenvalue weighted by Crippen LogP contribution is 2.33. The van der Waals surface area contributed by atoms with Gasteiger partial charge in [0.2, 0.25) is 0 Å². The van der Waals surface area contributed by atoms with Crippen LogP contribution in [-0.4, -0.2) is 25.3 Å². The minimum absolute atomic E-state index is 0.0791. The highest BCUT2D eigenvalue weighted by Gasteiger charge is 2.08. The third-order valence-electron chi connectivity index (χ3n) is 1.75. The van der Waals surface area contributed by atoms with Crippen LogP contribution in [0.1, 0.15) is 5.56 Å². The summed E-state index contributed by atoms with van der Waals surface area (Å²) in [5, 5.41) is 9.50. The Morgan fingerprint density at radius 1 is 1.36 bits per heavy atom. The Balaban J connectivity index is 3.34. The number of phenols is 1. The van der Waals surface area contributed by atoms with E-state index in [0.717, 1.165) is 6.08 Å². The van der Waals surface area contributed by atoms with Gasteiger partial charge in [0, 0.05) is 18.2 Å². The van der Waals surface area contributed by atoms with Gasteiger partial charge in [-0.25, -0.2) is 4.79 Å². The zero-order chi connectivity index (χ0) is 10.6. The van der Waals surface area contributed by atoms with Crippen molar-refractivity contribution in [1.29, 1.82) is 0 Å². The summed E-state index contributed by atoms with van der Waals surface area (Å²) >= 11 is 0. The first kappa shape index (κ1) is 10.2. The lowest BCUT2D eigenvalue weighted by Crippen LogP contribution is -1.90. The van der Waals surface area contributed by atoms with Gasteiger partial charge in [-0.15, -0.1) is 0 Å². The minimum atomic E-state index is -0.0791. The van der Waals surface area contributed by atoms with E-state index in [1.165, 1.54) is 20.3 Å². The highest BCUT2D eigenvalue weighted by molar-refractivity contribution is 5.80. The van der Waals surface area contributed by atoms with Crippen molar-refractivity contribution in [3.8, 4) is 17.2 Å². The fourth-order valence-corrected chi connectivity index (χ4v) is 1.08. The Hall–Kier alpha value is -1.93. The van der Waals surface area contributed by atoms with E-state index in [9.17, 15) is 9.90 Å². The van der Waals surface area contributed by atoms with E-state index in [1.54, 1.807) is 12.0 Å². The monoisotopic (exact) mass is 194 g/mol. The van der Waals surface area contributed by atoms with Crippen molar-refractivity contribution >= 4 is 12.0 Å². The van der Waals surface area contributed by atoms with Gasteiger partial charge in [0.1, 0.15) is 23.2 Å². The van der Waals surface area contributed by atoms with Gasteiger partial charge in [-0.05, 0) is 0 Å². The second kappa shape index (κ2) is 4.35. The second-order valence-corrected chi connectivity index (χ2v) is 2.52. The summed E-state index contributed by atoms with van der Waals surface area (Å²) < 4.78 is 9.89. The number of hydrogen-bond donors (Lipinski definition) is 1. The molecule has 0 spiro atoms. The van der Waals surface area contributed by atoms with Gasteiger partial charge < -0.3 is 14.6 Å². The lowest BCUT2D eigenvalue weighted by atomic mass is 10.1. The smallest absolute Gasteiger partial charge is 0.134 e. The summed E-state index contributed by atoms with van der Waals surface area (Å²) in [6.07, 6.45) is 1.10. The molecule has 74 valence electrons. The third-order valence-corrected chi connectivity index (χ3v) is 1.75. The Labute approximate surface area is 81.4 Å². The number of benzene rings is 1. The van der Waals surface area contributed by atoms with Crippen LogP contribution in [-0.2, 0) is 4.79 Å². The van der Waals surface area contributed by atoms with E-state index in [4.69, 9.17) is 9.47 Å². The molecule has 0 heterocycles. The van der Waals surface area contributed by atoms with E-state index < -0.39 is 0 Å². The number of aromatic hydroxyl groups is 1. The molecule has 4 heteroatoms. The Kier molecular flexibility index (Phi) is 3.15. The van der Waals surface area contributed by atoms with Crippen LogP contribution in [0.15, 0.2) is 12.1 Å². The lowest BCUT2D eigenvalue weighted by molar-refractivity contribution is 0.384. The van der Waals surface area contributed by atoms with E-state index in [0.29, 0.717) is 17.1 Å². The van der Waals surface area contributed by atoms with Crippen LogP contribution >= 0.6 is 0 Å². The molecule has 1 aromatic carbocycles. The topological polar surface area (TPSA) is 55.8 Å². The first-order valence-electron chi connectivity index (χ1n) is 3.88. The quantitative estimate of drug-likeness (QED) is 0.736. The summed E-state index contributed by atoms with van der Waals surface area (Å²) in [4.78, 5) is 10.2. The van der Waals surface area contributed by atoms with Crippen molar-refractivity contribution < 1.29 is 19.4 Å². The van der Waals surface area contributed by atoms with Crippen LogP contribution in [0.25, 0.3) is 6.08 Å². The number of methoxy groups -OCH3 is 2. The molecular weight excluding hydrogens is 184 g/mol. The molecule has 0 saturated heterocycles. The summed E-state index contributed by atoms with van der Waals surface area (Å²) in [5.41, 5.74) is 0.295. The van der Waals surface area contributed by atoms with Crippen molar-refractivity contribution in [3.05, 3.63) is 17.7 Å². The molecule has 0 unspecified atom stereocenters. The zero-order valence-corrected chi connectivity index (χ0v) is 7.90. The molecule has 1 N–H and O–H groups in total. The first-order chi connectivity index (χ1) is 6.72. The number of rotatable bonds is 3. The van der Waals surface area contributed by atoms with Crippen molar-refractivity contribution in [2.45, 2.75) is 0 Å². The van der Waals surface area contributed by atoms with Crippen molar-refractivity contribution in [2.24, 2.45) is 0 Å². The molecular formula is C10H10O4. The van der Waals surface area contributed by atoms with Crippen LogP contribution in [0.4, 0.5) is 0 Å². The molecule has 0 saturated carbocycles. The lowest BCUT2D eigenvalue weighted by Gasteiger charge is -2.08. The SMILES string of the molecule is COc1cc(O)c(C=C=O)c(OC)c1. The van der Waals surface area contributed by atoms with Gasteiger partial charge in [-0.3, -0.25) is 0 Å². The fraction of sp³-hybridized carbons (Fsp3) is 0.200. The molecule has 4 nitrogen and oxygen atoms in total. The highest BCUT2D eigenvalue weighted by atomic mass is 16.5. The second-order valence-electron chi connectivity index (χ2n) is 2.52. The molecule has 0 aliphatic heterocycles. The molecule has 0 aliphatic rings. The Morgan fingerprint density at radius 2 is 2.07 bits per heavy atom. The van der Waals surface area contributed by atoms with E-state index in [2.05, 4.69) is 0 Å². The average Bonchev–Trinajstić information content (AvgIpc) is 2.20. The maximum Gasteiger partial charge on any atom is 0.134 e. The van der Waals surface area contributed by atoms with E-state index in [1.807, 2.05) is 0 Å². The van der Waals surface area contributed by atoms with E-state index >= 15 is 0 Å². The van der Waals surface area contributed by atoms with Crippen LogP contribution < -0.4 is 9.47 Å². The molecule has 0 fully saturated rings. The normalized spacial score (nSPS) is 9.00. The molecule has 1 rings (SSSR count). The molecule has 0 radical (unpaired) electrons. The van der Waals surface area contributed by atoms with Gasteiger partial charge in [-0.2, -0.15) is 0 Å². The summed E-state index contributed by atoms with van der Waals surface area (Å²) in [6.45, 7) is 0. The fourth-order valence-electron chi connectivity index (χ4n) is 1.08. The van der Waals surface area contributed by atoms with Gasteiger partial charge in [-0.1, -0.05) is 0 Å². The summed E-state index contributed by atoms with van der Waals surface area (Å²) in [6, 6.07) is 2.97. The van der Waals surface area contributed by atoms with Crippen molar-refractivity contribution in [1.82, 2.24) is 0 Å². The number of hydrogen-bond acceptors (Lipinski definition) is 4. The Bertz CT molecular complexity index is 378. The standard InChI is InChI=1S/C10H10O4/c1-13-7-5-9(12)8(3-4-11)10(6-7)14-2/h3,5-6,12H,1-2H3. The van der Waals surface area contributed by atoms with Crippen LogP contribution in [0, 0.1) is 0 Å². The average molecular weight is 194 g/mol. The molecule has 0 atom stereocenters. The van der Waals surface area contributed by atoms with Gasteiger partial charge in [0.15, 0.2) is 0 Å². The largest absolute Gasteiger partial charge is 0.507 e. The zero-order valence-electron chi connectivity index (χ0n) is 7.90. The minimum Gasteiger partial charge on any atom is -0.507 e. The molecule has 0 amide bonds. The number of phenolic OH excluding ortho intramolecular Hbond substituents is 1. The predicted octanol–water partition coefficient (Wildman–Crippen LogP) is 1.25. The van der Waals surface area contributed by atoms with Gasteiger partial charge in [0.25, 0.3) is 0 Å². The first-order valence-corrected chi connectivity index (χ1v) is 3.88.